The highest BCUT2D eigenvalue weighted by Crippen LogP contribution is 2.28. The van der Waals surface area contributed by atoms with E-state index in [1.165, 1.54) is 19.3 Å². The van der Waals surface area contributed by atoms with Gasteiger partial charge >= 0.3 is 0 Å². The van der Waals surface area contributed by atoms with E-state index in [-0.39, 0.29) is 0 Å². The Morgan fingerprint density at radius 3 is 2.53 bits per heavy atom. The zero-order valence-electron chi connectivity index (χ0n) is 11.8. The van der Waals surface area contributed by atoms with E-state index in [0.29, 0.717) is 0 Å². The van der Waals surface area contributed by atoms with Crippen LogP contribution in [-0.4, -0.2) is 36.1 Å². The number of likely N-dealkylation sites (N-methyl/N-ethyl adjacent to an activating group) is 1. The van der Waals surface area contributed by atoms with Gasteiger partial charge in [0.15, 0.2) is 0 Å². The molecule has 1 N–H and O–H groups in total. The number of nitriles is 1. The Morgan fingerprint density at radius 2 is 2.12 bits per heavy atom. The summed E-state index contributed by atoms with van der Waals surface area (Å²) in [5.74, 6) is 0.740. The molecule has 0 aliphatic heterocycles. The van der Waals surface area contributed by atoms with Crippen LogP contribution in [0.5, 0.6) is 0 Å². The molecule has 1 rings (SSSR count). The van der Waals surface area contributed by atoms with Crippen LogP contribution in [-0.2, 0) is 0 Å². The molecule has 1 saturated carbocycles. The van der Waals surface area contributed by atoms with Crippen molar-refractivity contribution in [2.75, 3.05) is 19.6 Å². The van der Waals surface area contributed by atoms with Crippen molar-refractivity contribution in [2.24, 2.45) is 5.92 Å². The molecule has 0 bridgehead atoms. The Balaban J connectivity index is 2.50. The quantitative estimate of drug-likeness (QED) is 0.704. The predicted molar refractivity (Wildman–Crippen MR) is 71.7 cm³/mol. The molecule has 1 unspecified atom stereocenters. The third-order valence-corrected chi connectivity index (χ3v) is 3.39. The highest BCUT2D eigenvalue weighted by atomic mass is 15.2. The second kappa shape index (κ2) is 6.37. The summed E-state index contributed by atoms with van der Waals surface area (Å²) in [5.41, 5.74) is -0.395. The SMILES string of the molecule is CCNC(C)(C#N)CN(CCC(C)C)C1CC1. The van der Waals surface area contributed by atoms with E-state index in [2.05, 4.69) is 37.1 Å². The molecular formula is C14H27N3. The third kappa shape index (κ3) is 5.06. The fraction of sp³-hybridized carbons (Fsp3) is 0.929. The van der Waals surface area contributed by atoms with E-state index in [9.17, 15) is 5.26 Å². The minimum Gasteiger partial charge on any atom is -0.299 e. The van der Waals surface area contributed by atoms with Gasteiger partial charge in [-0.25, -0.2) is 0 Å². The van der Waals surface area contributed by atoms with Gasteiger partial charge in [-0.05, 0) is 45.2 Å². The highest BCUT2D eigenvalue weighted by molar-refractivity contribution is 5.07. The van der Waals surface area contributed by atoms with Crippen LogP contribution >= 0.6 is 0 Å². The number of rotatable bonds is 8. The predicted octanol–water partition coefficient (Wildman–Crippen LogP) is 2.39. The molecule has 3 heteroatoms. The van der Waals surface area contributed by atoms with Crippen molar-refractivity contribution in [3.05, 3.63) is 0 Å². The number of nitrogens with zero attached hydrogens (tertiary/aromatic N) is 2. The van der Waals surface area contributed by atoms with Crippen LogP contribution in [0.3, 0.4) is 0 Å². The first kappa shape index (κ1) is 14.5. The molecule has 0 amide bonds. The molecule has 0 heterocycles. The van der Waals surface area contributed by atoms with Gasteiger partial charge in [-0.1, -0.05) is 20.8 Å². The lowest BCUT2D eigenvalue weighted by molar-refractivity contribution is 0.202. The summed E-state index contributed by atoms with van der Waals surface area (Å²) in [6.07, 6.45) is 3.85. The Labute approximate surface area is 106 Å². The van der Waals surface area contributed by atoms with Crippen molar-refractivity contribution >= 4 is 0 Å². The molecule has 0 aromatic heterocycles. The Bertz CT molecular complexity index is 265. The minimum absolute atomic E-state index is 0.395. The van der Waals surface area contributed by atoms with Crippen molar-refractivity contribution in [3.63, 3.8) is 0 Å². The van der Waals surface area contributed by atoms with Crippen LogP contribution < -0.4 is 5.32 Å². The molecule has 1 atom stereocenters. The standard InChI is InChI=1S/C14H27N3/c1-5-16-14(4,10-15)11-17(13-6-7-13)9-8-12(2)3/h12-13,16H,5-9,11H2,1-4H3. The molecule has 1 aliphatic carbocycles. The van der Waals surface area contributed by atoms with E-state index < -0.39 is 5.54 Å². The van der Waals surface area contributed by atoms with Crippen LogP contribution in [0.2, 0.25) is 0 Å². The average Bonchev–Trinajstić information content (AvgIpc) is 3.08. The topological polar surface area (TPSA) is 39.1 Å². The van der Waals surface area contributed by atoms with Crippen molar-refractivity contribution in [2.45, 2.75) is 58.5 Å². The zero-order chi connectivity index (χ0) is 12.9. The first-order chi connectivity index (χ1) is 8.00. The fourth-order valence-electron chi connectivity index (χ4n) is 2.18. The molecule has 1 fully saturated rings. The Hall–Kier alpha value is -0.590. The van der Waals surface area contributed by atoms with Crippen LogP contribution in [0, 0.1) is 17.2 Å². The van der Waals surface area contributed by atoms with Crippen LogP contribution in [0.1, 0.15) is 47.0 Å². The van der Waals surface area contributed by atoms with E-state index in [4.69, 9.17) is 0 Å². The molecule has 0 aromatic rings. The molecule has 0 radical (unpaired) electrons. The highest BCUT2D eigenvalue weighted by Gasteiger charge is 2.34. The average molecular weight is 237 g/mol. The normalized spacial score (nSPS) is 19.4. The molecule has 0 saturated heterocycles. The zero-order valence-corrected chi connectivity index (χ0v) is 11.8. The Kier molecular flexibility index (Phi) is 5.42. The van der Waals surface area contributed by atoms with Gasteiger partial charge in [0.05, 0.1) is 6.07 Å². The van der Waals surface area contributed by atoms with E-state index >= 15 is 0 Å². The maximum absolute atomic E-state index is 9.31. The van der Waals surface area contributed by atoms with Gasteiger partial charge in [-0.15, -0.1) is 0 Å². The molecular weight excluding hydrogens is 210 g/mol. The smallest absolute Gasteiger partial charge is 0.116 e. The largest absolute Gasteiger partial charge is 0.299 e. The van der Waals surface area contributed by atoms with Gasteiger partial charge < -0.3 is 0 Å². The molecule has 17 heavy (non-hydrogen) atoms. The molecule has 98 valence electrons. The second-order valence-electron chi connectivity index (χ2n) is 5.86. The first-order valence-corrected chi connectivity index (χ1v) is 6.91. The van der Waals surface area contributed by atoms with Crippen molar-refractivity contribution < 1.29 is 0 Å². The van der Waals surface area contributed by atoms with E-state index in [1.54, 1.807) is 0 Å². The summed E-state index contributed by atoms with van der Waals surface area (Å²) < 4.78 is 0. The van der Waals surface area contributed by atoms with Gasteiger partial charge in [-0.2, -0.15) is 5.26 Å². The van der Waals surface area contributed by atoms with Gasteiger partial charge in [0.1, 0.15) is 5.54 Å². The summed E-state index contributed by atoms with van der Waals surface area (Å²) in [4.78, 5) is 2.51. The van der Waals surface area contributed by atoms with Crippen molar-refractivity contribution in [3.8, 4) is 6.07 Å². The monoisotopic (exact) mass is 237 g/mol. The van der Waals surface area contributed by atoms with E-state index in [0.717, 1.165) is 31.6 Å². The molecule has 3 nitrogen and oxygen atoms in total. The molecule has 0 spiro atoms. The summed E-state index contributed by atoms with van der Waals surface area (Å²) in [5, 5.41) is 12.6. The summed E-state index contributed by atoms with van der Waals surface area (Å²) in [6.45, 7) is 11.4. The van der Waals surface area contributed by atoms with Gasteiger partial charge in [0.25, 0.3) is 0 Å². The Morgan fingerprint density at radius 1 is 1.47 bits per heavy atom. The van der Waals surface area contributed by atoms with Gasteiger partial charge in [-0.3, -0.25) is 10.2 Å². The lowest BCUT2D eigenvalue weighted by atomic mass is 10.0. The lowest BCUT2D eigenvalue weighted by Crippen LogP contribution is -2.51. The van der Waals surface area contributed by atoms with Crippen LogP contribution in [0.15, 0.2) is 0 Å². The van der Waals surface area contributed by atoms with Crippen LogP contribution in [0.4, 0.5) is 0 Å². The summed E-state index contributed by atoms with van der Waals surface area (Å²) >= 11 is 0. The maximum Gasteiger partial charge on any atom is 0.116 e. The van der Waals surface area contributed by atoms with E-state index in [1.807, 2.05) is 6.92 Å². The molecule has 0 aromatic carbocycles. The lowest BCUT2D eigenvalue weighted by Gasteiger charge is -2.31. The van der Waals surface area contributed by atoms with Crippen molar-refractivity contribution in [1.29, 1.82) is 5.26 Å². The third-order valence-electron chi connectivity index (χ3n) is 3.39. The fourth-order valence-corrected chi connectivity index (χ4v) is 2.18. The number of hydrogen-bond donors (Lipinski definition) is 1. The molecule has 1 aliphatic rings. The second-order valence-corrected chi connectivity index (χ2v) is 5.86. The van der Waals surface area contributed by atoms with Gasteiger partial charge in [0.2, 0.25) is 0 Å². The number of nitrogens with one attached hydrogen (secondary N) is 1. The van der Waals surface area contributed by atoms with Crippen molar-refractivity contribution in [1.82, 2.24) is 10.2 Å². The summed E-state index contributed by atoms with van der Waals surface area (Å²) in [7, 11) is 0. The maximum atomic E-state index is 9.31. The summed E-state index contributed by atoms with van der Waals surface area (Å²) in [6, 6.07) is 3.16. The van der Waals surface area contributed by atoms with Crippen LogP contribution in [0.25, 0.3) is 0 Å². The number of hydrogen-bond acceptors (Lipinski definition) is 3. The first-order valence-electron chi connectivity index (χ1n) is 6.91. The van der Waals surface area contributed by atoms with Gasteiger partial charge in [0, 0.05) is 12.6 Å². The minimum atomic E-state index is -0.395.